The Bertz CT molecular complexity index is 797. The fourth-order valence-electron chi connectivity index (χ4n) is 2.06. The Morgan fingerprint density at radius 1 is 1.29 bits per heavy atom. The molecule has 1 aromatic heterocycles. The lowest BCUT2D eigenvalue weighted by atomic mass is 10.1. The Morgan fingerprint density at radius 2 is 2.00 bits per heavy atom. The van der Waals surface area contributed by atoms with E-state index in [1.807, 2.05) is 5.32 Å². The molecule has 0 aliphatic carbocycles. The molecule has 0 atom stereocenters. The Hall–Kier alpha value is -2.90. The SMILES string of the molecule is Cc1c(C(=O)OCC(=O)NC(=O)NC(C)C)oc2c(F)cccc12. The molecule has 0 saturated carbocycles. The number of hydrogen-bond donors (Lipinski definition) is 2. The van der Waals surface area contributed by atoms with Crippen molar-refractivity contribution in [3.8, 4) is 0 Å². The zero-order valence-electron chi connectivity index (χ0n) is 13.4. The molecule has 0 spiro atoms. The molecule has 0 bridgehead atoms. The van der Waals surface area contributed by atoms with Gasteiger partial charge in [0.2, 0.25) is 5.76 Å². The fraction of sp³-hybridized carbons (Fsp3) is 0.312. The second-order valence-electron chi connectivity index (χ2n) is 5.43. The van der Waals surface area contributed by atoms with Gasteiger partial charge in [-0.25, -0.2) is 14.0 Å². The topological polar surface area (TPSA) is 97.6 Å². The maximum absolute atomic E-state index is 13.7. The Balaban J connectivity index is 2.01. The number of furan rings is 1. The minimum absolute atomic E-state index is 0.0530. The van der Waals surface area contributed by atoms with E-state index in [0.717, 1.165) is 0 Å². The average molecular weight is 336 g/mol. The quantitative estimate of drug-likeness (QED) is 0.835. The van der Waals surface area contributed by atoms with E-state index in [1.54, 1.807) is 26.8 Å². The highest BCUT2D eigenvalue weighted by atomic mass is 19.1. The molecule has 8 heteroatoms. The van der Waals surface area contributed by atoms with Crippen LogP contribution in [0, 0.1) is 12.7 Å². The molecule has 0 fully saturated rings. The minimum atomic E-state index is -0.914. The predicted octanol–water partition coefficient (Wildman–Crippen LogP) is 2.27. The highest BCUT2D eigenvalue weighted by Crippen LogP contribution is 2.27. The smallest absolute Gasteiger partial charge is 0.375 e. The molecule has 2 N–H and O–H groups in total. The highest BCUT2D eigenvalue weighted by molar-refractivity contribution is 5.98. The van der Waals surface area contributed by atoms with Gasteiger partial charge in [0.15, 0.2) is 18.0 Å². The summed E-state index contributed by atoms with van der Waals surface area (Å²) in [6, 6.07) is 3.48. The highest BCUT2D eigenvalue weighted by Gasteiger charge is 2.21. The molecule has 2 rings (SSSR count). The average Bonchev–Trinajstić information content (AvgIpc) is 2.83. The number of hydrogen-bond acceptors (Lipinski definition) is 5. The molecule has 24 heavy (non-hydrogen) atoms. The molecule has 3 amide bonds. The third-order valence-corrected chi connectivity index (χ3v) is 3.11. The van der Waals surface area contributed by atoms with Crippen LogP contribution in [0.15, 0.2) is 22.6 Å². The predicted molar refractivity (Wildman–Crippen MR) is 83.0 cm³/mol. The normalized spacial score (nSPS) is 10.7. The van der Waals surface area contributed by atoms with Crippen molar-refractivity contribution in [1.82, 2.24) is 10.6 Å². The number of ether oxygens (including phenoxy) is 1. The summed E-state index contributed by atoms with van der Waals surface area (Å²) in [5.41, 5.74) is 0.357. The minimum Gasteiger partial charge on any atom is -0.450 e. The molecule has 1 aromatic carbocycles. The van der Waals surface area contributed by atoms with Crippen LogP contribution in [0.4, 0.5) is 9.18 Å². The van der Waals surface area contributed by atoms with Gasteiger partial charge in [-0.1, -0.05) is 12.1 Å². The van der Waals surface area contributed by atoms with E-state index in [4.69, 9.17) is 9.15 Å². The maximum atomic E-state index is 13.7. The van der Waals surface area contributed by atoms with Crippen molar-refractivity contribution in [2.45, 2.75) is 26.8 Å². The van der Waals surface area contributed by atoms with Crippen molar-refractivity contribution < 1.29 is 27.9 Å². The summed E-state index contributed by atoms with van der Waals surface area (Å²) in [6.45, 7) is 4.38. The lowest BCUT2D eigenvalue weighted by Gasteiger charge is -2.09. The first-order chi connectivity index (χ1) is 11.3. The summed E-state index contributed by atoms with van der Waals surface area (Å²) in [7, 11) is 0. The lowest BCUT2D eigenvalue weighted by molar-refractivity contribution is -0.123. The standard InChI is InChI=1S/C16H17FN2O5/c1-8(2)18-16(22)19-12(20)7-23-15(21)13-9(3)10-5-4-6-11(17)14(10)24-13/h4-6,8H,7H2,1-3H3,(H2,18,19,20,22). The second kappa shape index (κ2) is 7.12. The van der Waals surface area contributed by atoms with Gasteiger partial charge in [0, 0.05) is 17.0 Å². The first-order valence-corrected chi connectivity index (χ1v) is 7.24. The summed E-state index contributed by atoms with van der Waals surface area (Å²) in [5.74, 6) is -2.49. The summed E-state index contributed by atoms with van der Waals surface area (Å²) in [6.07, 6.45) is 0. The molecule has 1 heterocycles. The van der Waals surface area contributed by atoms with Gasteiger partial charge in [0.05, 0.1) is 0 Å². The molecular formula is C16H17FN2O5. The summed E-state index contributed by atoms with van der Waals surface area (Å²) >= 11 is 0. The number of esters is 1. The van der Waals surface area contributed by atoms with Crippen LogP contribution in [0.2, 0.25) is 0 Å². The van der Waals surface area contributed by atoms with Crippen LogP contribution in [0.3, 0.4) is 0 Å². The van der Waals surface area contributed by atoms with Crippen molar-refractivity contribution in [3.05, 3.63) is 35.3 Å². The summed E-state index contributed by atoms with van der Waals surface area (Å²) in [4.78, 5) is 34.9. The van der Waals surface area contributed by atoms with E-state index in [-0.39, 0.29) is 17.4 Å². The number of halogens is 1. The van der Waals surface area contributed by atoms with Gasteiger partial charge in [-0.3, -0.25) is 10.1 Å². The number of rotatable bonds is 4. The van der Waals surface area contributed by atoms with Gasteiger partial charge in [-0.2, -0.15) is 0 Å². The number of amides is 3. The number of carbonyl (C=O) groups is 3. The van der Waals surface area contributed by atoms with Crippen LogP contribution in [0.1, 0.15) is 30.0 Å². The number of para-hydroxylation sites is 1. The number of fused-ring (bicyclic) bond motifs is 1. The molecule has 7 nitrogen and oxygen atoms in total. The van der Waals surface area contributed by atoms with Crippen LogP contribution in [0.25, 0.3) is 11.0 Å². The van der Waals surface area contributed by atoms with Crippen LogP contribution in [0.5, 0.6) is 0 Å². The van der Waals surface area contributed by atoms with Gasteiger partial charge in [-0.05, 0) is 26.8 Å². The van der Waals surface area contributed by atoms with Crippen LogP contribution in [-0.4, -0.2) is 30.6 Å². The van der Waals surface area contributed by atoms with Crippen molar-refractivity contribution in [2.24, 2.45) is 0 Å². The lowest BCUT2D eigenvalue weighted by Crippen LogP contribution is -2.44. The fourth-order valence-corrected chi connectivity index (χ4v) is 2.06. The van der Waals surface area contributed by atoms with Crippen molar-refractivity contribution in [1.29, 1.82) is 0 Å². The van der Waals surface area contributed by atoms with E-state index in [9.17, 15) is 18.8 Å². The number of carbonyl (C=O) groups excluding carboxylic acids is 3. The molecular weight excluding hydrogens is 319 g/mol. The second-order valence-corrected chi connectivity index (χ2v) is 5.43. The first-order valence-electron chi connectivity index (χ1n) is 7.24. The maximum Gasteiger partial charge on any atom is 0.375 e. The van der Waals surface area contributed by atoms with E-state index in [2.05, 4.69) is 5.32 Å². The summed E-state index contributed by atoms with van der Waals surface area (Å²) < 4.78 is 23.6. The van der Waals surface area contributed by atoms with Gasteiger partial charge in [-0.15, -0.1) is 0 Å². The Labute approximate surface area is 137 Å². The van der Waals surface area contributed by atoms with Gasteiger partial charge >= 0.3 is 12.0 Å². The molecule has 0 aliphatic heterocycles. The third kappa shape index (κ3) is 3.89. The van der Waals surface area contributed by atoms with Gasteiger partial charge < -0.3 is 14.5 Å². The zero-order valence-corrected chi connectivity index (χ0v) is 13.4. The Kier molecular flexibility index (Phi) is 5.18. The first kappa shape index (κ1) is 17.5. The van der Waals surface area contributed by atoms with Gasteiger partial charge in [0.25, 0.3) is 5.91 Å². The molecule has 0 aliphatic rings. The molecule has 0 unspecified atom stereocenters. The Morgan fingerprint density at radius 3 is 2.62 bits per heavy atom. The van der Waals surface area contributed by atoms with Crippen molar-refractivity contribution in [2.75, 3.05) is 6.61 Å². The van der Waals surface area contributed by atoms with Crippen molar-refractivity contribution in [3.63, 3.8) is 0 Å². The zero-order chi connectivity index (χ0) is 17.9. The summed E-state index contributed by atoms with van der Waals surface area (Å²) in [5, 5.41) is 4.91. The van der Waals surface area contributed by atoms with E-state index < -0.39 is 30.3 Å². The number of imide groups is 1. The molecule has 0 radical (unpaired) electrons. The van der Waals surface area contributed by atoms with E-state index >= 15 is 0 Å². The van der Waals surface area contributed by atoms with Crippen LogP contribution in [-0.2, 0) is 9.53 Å². The third-order valence-electron chi connectivity index (χ3n) is 3.11. The number of aryl methyl sites for hydroxylation is 1. The molecule has 2 aromatic rings. The van der Waals surface area contributed by atoms with Crippen molar-refractivity contribution >= 4 is 28.9 Å². The number of urea groups is 1. The van der Waals surface area contributed by atoms with Gasteiger partial charge in [0.1, 0.15) is 0 Å². The van der Waals surface area contributed by atoms with Crippen LogP contribution >= 0.6 is 0 Å². The van der Waals surface area contributed by atoms with E-state index in [1.165, 1.54) is 12.1 Å². The number of benzene rings is 1. The number of nitrogens with one attached hydrogen (secondary N) is 2. The molecule has 128 valence electrons. The molecule has 0 saturated heterocycles. The van der Waals surface area contributed by atoms with Crippen LogP contribution < -0.4 is 10.6 Å². The largest absolute Gasteiger partial charge is 0.450 e. The van der Waals surface area contributed by atoms with E-state index in [0.29, 0.717) is 10.9 Å². The monoisotopic (exact) mass is 336 g/mol.